The predicted molar refractivity (Wildman–Crippen MR) is 92.5 cm³/mol. The fraction of sp³-hybridized carbons (Fsp3) is 0.500. The van der Waals surface area contributed by atoms with Crippen molar-refractivity contribution in [1.82, 2.24) is 5.32 Å². The van der Waals surface area contributed by atoms with Gasteiger partial charge in [0.2, 0.25) is 0 Å². The lowest BCUT2D eigenvalue weighted by Gasteiger charge is -2.23. The van der Waals surface area contributed by atoms with Crippen molar-refractivity contribution < 1.29 is 27.5 Å². The van der Waals surface area contributed by atoms with Crippen molar-refractivity contribution in [1.29, 1.82) is 0 Å². The van der Waals surface area contributed by atoms with E-state index in [-0.39, 0.29) is 18.1 Å². The molecule has 1 fully saturated rings. The Morgan fingerprint density at radius 1 is 1.32 bits per heavy atom. The number of nitrogens with one attached hydrogen (secondary N) is 1. The van der Waals surface area contributed by atoms with Gasteiger partial charge in [-0.2, -0.15) is 0 Å². The molecule has 0 aromatic heterocycles. The second-order valence-electron chi connectivity index (χ2n) is 6.31. The van der Waals surface area contributed by atoms with Gasteiger partial charge >= 0.3 is 5.97 Å². The third-order valence-electron chi connectivity index (χ3n) is 3.79. The van der Waals surface area contributed by atoms with E-state index in [2.05, 4.69) is 5.32 Å². The molecule has 2 rings (SSSR count). The summed E-state index contributed by atoms with van der Waals surface area (Å²) >= 11 is 5.83. The lowest BCUT2D eigenvalue weighted by Crippen LogP contribution is -2.48. The molecular weight excluding hydrogens is 370 g/mol. The number of esters is 1. The van der Waals surface area contributed by atoms with Crippen LogP contribution in [0.3, 0.4) is 0 Å². The Balaban J connectivity index is 1.75. The van der Waals surface area contributed by atoms with Crippen LogP contribution in [0.25, 0.3) is 0 Å². The van der Waals surface area contributed by atoms with Crippen LogP contribution in [-0.4, -0.2) is 50.6 Å². The van der Waals surface area contributed by atoms with E-state index in [9.17, 15) is 18.0 Å². The third kappa shape index (κ3) is 5.89. The molecule has 1 aliphatic heterocycles. The molecule has 1 N–H and O–H groups in total. The normalized spacial score (nSPS) is 21.6. The first kappa shape index (κ1) is 19.5. The smallest absolute Gasteiger partial charge is 0.344 e. The monoisotopic (exact) mass is 389 g/mol. The largest absolute Gasteiger partial charge is 0.482 e. The Hall–Kier alpha value is -1.80. The van der Waals surface area contributed by atoms with E-state index in [1.54, 1.807) is 32.0 Å². The number of hydrogen-bond donors (Lipinski definition) is 1. The van der Waals surface area contributed by atoms with Gasteiger partial charge in [0.15, 0.2) is 23.1 Å². The van der Waals surface area contributed by atoms with Gasteiger partial charge in [0.05, 0.1) is 17.0 Å². The van der Waals surface area contributed by atoms with Crippen LogP contribution in [-0.2, 0) is 24.2 Å². The molecule has 0 aliphatic carbocycles. The van der Waals surface area contributed by atoms with Gasteiger partial charge in [-0.25, -0.2) is 13.2 Å². The number of hydrogen-bond acceptors (Lipinski definition) is 6. The lowest BCUT2D eigenvalue weighted by atomic mass is 10.0. The molecule has 0 bridgehead atoms. The molecule has 1 aromatic rings. The number of sulfone groups is 1. The van der Waals surface area contributed by atoms with Gasteiger partial charge in [0.25, 0.3) is 5.91 Å². The molecule has 25 heavy (non-hydrogen) atoms. The molecule has 1 saturated heterocycles. The zero-order valence-corrected chi connectivity index (χ0v) is 15.6. The molecule has 7 nitrogen and oxygen atoms in total. The first-order valence-electron chi connectivity index (χ1n) is 7.65. The number of aryl methyl sites for hydroxylation is 1. The van der Waals surface area contributed by atoms with Crippen LogP contribution in [0.4, 0.5) is 0 Å². The van der Waals surface area contributed by atoms with E-state index < -0.39 is 33.9 Å². The van der Waals surface area contributed by atoms with Gasteiger partial charge in [-0.05, 0) is 44.0 Å². The topological polar surface area (TPSA) is 98.8 Å². The van der Waals surface area contributed by atoms with E-state index in [1.165, 1.54) is 0 Å². The summed E-state index contributed by atoms with van der Waals surface area (Å²) in [5, 5.41) is 3.17. The van der Waals surface area contributed by atoms with Crippen molar-refractivity contribution in [2.45, 2.75) is 25.8 Å². The van der Waals surface area contributed by atoms with Crippen molar-refractivity contribution in [2.75, 3.05) is 24.7 Å². The number of rotatable bonds is 6. The van der Waals surface area contributed by atoms with Crippen LogP contribution >= 0.6 is 11.6 Å². The Kier molecular flexibility index (Phi) is 5.95. The van der Waals surface area contributed by atoms with E-state index in [4.69, 9.17) is 21.1 Å². The Labute approximate surface area is 151 Å². The first-order chi connectivity index (χ1) is 11.6. The maximum Gasteiger partial charge on any atom is 0.344 e. The van der Waals surface area contributed by atoms with Crippen molar-refractivity contribution >= 4 is 33.3 Å². The van der Waals surface area contributed by atoms with Gasteiger partial charge in [-0.3, -0.25) is 4.79 Å². The van der Waals surface area contributed by atoms with Crippen LogP contribution in [0.5, 0.6) is 5.75 Å². The number of amides is 1. The summed E-state index contributed by atoms with van der Waals surface area (Å²) in [6.07, 6.45) is 0.341. The quantitative estimate of drug-likeness (QED) is 0.735. The van der Waals surface area contributed by atoms with Crippen LogP contribution in [0.15, 0.2) is 18.2 Å². The van der Waals surface area contributed by atoms with Crippen LogP contribution < -0.4 is 10.1 Å². The van der Waals surface area contributed by atoms with E-state index in [1.807, 2.05) is 0 Å². The van der Waals surface area contributed by atoms with Gasteiger partial charge in [-0.15, -0.1) is 0 Å². The highest BCUT2D eigenvalue weighted by molar-refractivity contribution is 7.91. The maximum atomic E-state index is 11.8. The molecule has 0 radical (unpaired) electrons. The molecule has 1 aromatic carbocycles. The second kappa shape index (κ2) is 7.61. The molecule has 9 heteroatoms. The molecule has 0 spiro atoms. The fourth-order valence-electron chi connectivity index (χ4n) is 2.58. The van der Waals surface area contributed by atoms with Gasteiger partial charge in [0.1, 0.15) is 5.75 Å². The number of halogens is 1. The maximum absolute atomic E-state index is 11.8. The Bertz CT molecular complexity index is 779. The predicted octanol–water partition coefficient (Wildman–Crippen LogP) is 1.26. The van der Waals surface area contributed by atoms with E-state index >= 15 is 0 Å². The summed E-state index contributed by atoms with van der Waals surface area (Å²) in [4.78, 5) is 23.5. The van der Waals surface area contributed by atoms with E-state index in [0.29, 0.717) is 17.2 Å². The standard InChI is InChI=1S/C16H20ClNO6S/c1-11-7-12(17)3-4-13(11)23-9-15(20)24-8-14(19)18-16(2)5-6-25(21,22)10-16/h3-4,7H,5-6,8-10H2,1-2H3,(H,18,19)/t16-/m0/s1. The Morgan fingerprint density at radius 2 is 2.04 bits per heavy atom. The summed E-state index contributed by atoms with van der Waals surface area (Å²) in [5.41, 5.74) is -0.0485. The van der Waals surface area contributed by atoms with Crippen molar-refractivity contribution in [3.63, 3.8) is 0 Å². The number of ether oxygens (including phenoxy) is 2. The fourth-order valence-corrected chi connectivity index (χ4v) is 4.90. The Morgan fingerprint density at radius 3 is 2.64 bits per heavy atom. The molecule has 138 valence electrons. The lowest BCUT2D eigenvalue weighted by molar-refractivity contribution is -0.150. The number of benzene rings is 1. The van der Waals surface area contributed by atoms with Crippen molar-refractivity contribution in [3.8, 4) is 5.75 Å². The summed E-state index contributed by atoms with van der Waals surface area (Å²) in [6, 6.07) is 4.98. The number of carbonyl (C=O) groups excluding carboxylic acids is 2. The van der Waals surface area contributed by atoms with Gasteiger partial charge < -0.3 is 14.8 Å². The molecule has 1 heterocycles. The van der Waals surface area contributed by atoms with Gasteiger partial charge in [-0.1, -0.05) is 11.6 Å². The van der Waals surface area contributed by atoms with Crippen LogP contribution in [0.1, 0.15) is 18.9 Å². The third-order valence-corrected chi connectivity index (χ3v) is 5.93. The average Bonchev–Trinajstić information content (AvgIpc) is 2.77. The molecular formula is C16H20ClNO6S. The minimum Gasteiger partial charge on any atom is -0.482 e. The van der Waals surface area contributed by atoms with Crippen molar-refractivity contribution in [3.05, 3.63) is 28.8 Å². The highest BCUT2D eigenvalue weighted by atomic mass is 35.5. The summed E-state index contributed by atoms with van der Waals surface area (Å²) in [7, 11) is -3.13. The highest BCUT2D eigenvalue weighted by Crippen LogP contribution is 2.23. The number of carbonyl (C=O) groups is 2. The summed E-state index contributed by atoms with van der Waals surface area (Å²) < 4.78 is 33.2. The highest BCUT2D eigenvalue weighted by Gasteiger charge is 2.39. The van der Waals surface area contributed by atoms with Crippen LogP contribution in [0, 0.1) is 6.92 Å². The zero-order chi connectivity index (χ0) is 18.7. The van der Waals surface area contributed by atoms with Crippen LogP contribution in [0.2, 0.25) is 5.02 Å². The molecule has 1 amide bonds. The van der Waals surface area contributed by atoms with E-state index in [0.717, 1.165) is 5.56 Å². The minimum absolute atomic E-state index is 0.0395. The minimum atomic E-state index is -3.13. The van der Waals surface area contributed by atoms with Gasteiger partial charge in [0, 0.05) is 5.02 Å². The summed E-state index contributed by atoms with van der Waals surface area (Å²) in [6.45, 7) is 2.61. The first-order valence-corrected chi connectivity index (χ1v) is 9.85. The summed E-state index contributed by atoms with van der Waals surface area (Å²) in [5.74, 6) is -0.824. The molecule has 1 aliphatic rings. The average molecular weight is 390 g/mol. The molecule has 1 atom stereocenters. The second-order valence-corrected chi connectivity index (χ2v) is 8.93. The van der Waals surface area contributed by atoms with Crippen molar-refractivity contribution in [2.24, 2.45) is 0 Å². The zero-order valence-electron chi connectivity index (χ0n) is 14.0. The molecule has 0 unspecified atom stereocenters. The molecule has 0 saturated carbocycles. The SMILES string of the molecule is Cc1cc(Cl)ccc1OCC(=O)OCC(=O)N[C@@]1(C)CCS(=O)(=O)C1.